The van der Waals surface area contributed by atoms with Crippen molar-refractivity contribution in [1.82, 2.24) is 10.4 Å². The largest absolute Gasteiger partial charge is 0.493 e. The van der Waals surface area contributed by atoms with E-state index in [0.717, 1.165) is 36.4 Å². The molecule has 0 radical (unpaired) electrons. The number of ether oxygens (including phenoxy) is 2. The van der Waals surface area contributed by atoms with Crippen molar-refractivity contribution < 1.29 is 14.3 Å². The molecule has 1 heterocycles. The topological polar surface area (TPSA) is 118 Å². The van der Waals surface area contributed by atoms with Gasteiger partial charge in [0.15, 0.2) is 11.5 Å². The number of amidine groups is 1. The van der Waals surface area contributed by atoms with Crippen LogP contribution in [0.15, 0.2) is 53.6 Å². The summed E-state index contributed by atoms with van der Waals surface area (Å²) in [6.07, 6.45) is 5.60. The Morgan fingerprint density at radius 3 is 2.60 bits per heavy atom. The summed E-state index contributed by atoms with van der Waals surface area (Å²) in [4.78, 5) is 17.3. The van der Waals surface area contributed by atoms with E-state index in [-0.39, 0.29) is 30.3 Å². The van der Waals surface area contributed by atoms with E-state index in [0.29, 0.717) is 19.6 Å². The summed E-state index contributed by atoms with van der Waals surface area (Å²) in [6, 6.07) is 16.3. The first-order valence-corrected chi connectivity index (χ1v) is 12.3. The Morgan fingerprint density at radius 1 is 1.11 bits per heavy atom. The van der Waals surface area contributed by atoms with Gasteiger partial charge < -0.3 is 25.0 Å². The van der Waals surface area contributed by atoms with Crippen LogP contribution in [-0.4, -0.2) is 55.5 Å². The fraction of sp³-hybridized carbons (Fsp3) is 0.462. The molecule has 1 amide bonds. The molecule has 2 aliphatic rings. The maximum Gasteiger partial charge on any atom is 0.230 e. The minimum absolute atomic E-state index is 0.0152. The van der Waals surface area contributed by atoms with E-state index in [1.54, 1.807) is 7.11 Å². The maximum atomic E-state index is 13.1. The molecule has 0 bridgehead atoms. The molecule has 2 aromatic rings. The highest BCUT2D eigenvalue weighted by Crippen LogP contribution is 2.35. The Morgan fingerprint density at radius 2 is 1.89 bits per heavy atom. The number of nitrogens with zero attached hydrogens (tertiary/aromatic N) is 3. The number of benzene rings is 2. The second kappa shape index (κ2) is 11.8. The van der Waals surface area contributed by atoms with Crippen LogP contribution >= 0.6 is 0 Å². The molecule has 4 rings (SSSR count). The van der Waals surface area contributed by atoms with Gasteiger partial charge in [-0.3, -0.25) is 4.79 Å². The Hall–Kier alpha value is -3.46. The molecular formula is C26H36N6O3. The van der Waals surface area contributed by atoms with Gasteiger partial charge in [-0.1, -0.05) is 30.3 Å². The van der Waals surface area contributed by atoms with Gasteiger partial charge in [-0.15, -0.1) is 0 Å². The normalized spacial score (nSPS) is 19.0. The third kappa shape index (κ3) is 6.36. The van der Waals surface area contributed by atoms with E-state index >= 15 is 0 Å². The zero-order chi connectivity index (χ0) is 24.6. The number of methoxy groups -OCH3 is 1. The summed E-state index contributed by atoms with van der Waals surface area (Å²) < 4.78 is 11.9. The number of nitrogens with one attached hydrogen (secondary N) is 1. The van der Waals surface area contributed by atoms with Gasteiger partial charge in [0.05, 0.1) is 25.7 Å². The van der Waals surface area contributed by atoms with Crippen LogP contribution < -0.4 is 31.5 Å². The van der Waals surface area contributed by atoms with Crippen molar-refractivity contribution in [2.75, 3.05) is 31.6 Å². The van der Waals surface area contributed by atoms with Crippen LogP contribution in [0.25, 0.3) is 0 Å². The highest BCUT2D eigenvalue weighted by molar-refractivity contribution is 5.99. The number of carbonyl (C=O) groups is 1. The average molecular weight is 481 g/mol. The number of hydrogen-bond donors (Lipinski definition) is 3. The van der Waals surface area contributed by atoms with Gasteiger partial charge >= 0.3 is 0 Å². The molecule has 35 heavy (non-hydrogen) atoms. The summed E-state index contributed by atoms with van der Waals surface area (Å²) >= 11 is 0. The van der Waals surface area contributed by atoms with Gasteiger partial charge in [-0.25, -0.2) is 11.4 Å². The van der Waals surface area contributed by atoms with Crippen molar-refractivity contribution >= 4 is 17.4 Å². The number of hydrazone groups is 1. The molecular weight excluding hydrogens is 444 g/mol. The molecule has 188 valence electrons. The van der Waals surface area contributed by atoms with Crippen molar-refractivity contribution in [2.24, 2.45) is 16.7 Å². The number of hydrazine groups is 1. The molecule has 1 unspecified atom stereocenters. The minimum Gasteiger partial charge on any atom is -0.493 e. The highest BCUT2D eigenvalue weighted by Gasteiger charge is 2.31. The Bertz CT molecular complexity index is 1010. The summed E-state index contributed by atoms with van der Waals surface area (Å²) in [5.74, 6) is 6.86. The van der Waals surface area contributed by atoms with Gasteiger partial charge in [0, 0.05) is 31.4 Å². The molecule has 9 heteroatoms. The number of anilines is 1. The standard InChI is InChI=1S/C26H36N6O3/c1-34-23-12-11-20(16-24(23)35-22-9-5-6-10-22)31-13-14-32(26(33)17-25(27)29-30-28)21(18-31)15-19-7-3-2-4-8-19/h2-4,7-8,11-12,16,21-22,30H,5-6,9-10,13-15,17-18,28H2,1H3,(H2,27,29). The Balaban J connectivity index is 1.53. The molecule has 1 saturated carbocycles. The van der Waals surface area contributed by atoms with E-state index in [1.807, 2.05) is 29.2 Å². The zero-order valence-corrected chi connectivity index (χ0v) is 20.4. The van der Waals surface area contributed by atoms with Crippen LogP contribution in [0, 0.1) is 0 Å². The fourth-order valence-electron chi connectivity index (χ4n) is 5.00. The third-order valence-corrected chi connectivity index (χ3v) is 6.77. The first kappa shape index (κ1) is 24.7. The molecule has 0 aromatic heterocycles. The summed E-state index contributed by atoms with van der Waals surface area (Å²) in [5, 5.41) is 3.74. The van der Waals surface area contributed by atoms with Crippen LogP contribution in [0.3, 0.4) is 0 Å². The molecule has 9 nitrogen and oxygen atoms in total. The summed E-state index contributed by atoms with van der Waals surface area (Å²) in [5.41, 5.74) is 10.3. The van der Waals surface area contributed by atoms with Gasteiger partial charge in [-0.05, 0) is 49.8 Å². The third-order valence-electron chi connectivity index (χ3n) is 6.77. The number of carbonyl (C=O) groups excluding carboxylic acids is 1. The predicted molar refractivity (Wildman–Crippen MR) is 137 cm³/mol. The number of nitrogens with two attached hydrogens (primary N) is 2. The van der Waals surface area contributed by atoms with Gasteiger partial charge in [0.2, 0.25) is 5.91 Å². The quantitative estimate of drug-likeness (QED) is 0.218. The lowest BCUT2D eigenvalue weighted by Gasteiger charge is -2.43. The Labute approximate surface area is 207 Å². The lowest BCUT2D eigenvalue weighted by atomic mass is 10.0. The van der Waals surface area contributed by atoms with Crippen LogP contribution in [0.5, 0.6) is 11.5 Å². The summed E-state index contributed by atoms with van der Waals surface area (Å²) in [6.45, 7) is 1.99. The molecule has 2 fully saturated rings. The number of piperazine rings is 1. The van der Waals surface area contributed by atoms with Crippen molar-refractivity contribution in [1.29, 1.82) is 0 Å². The predicted octanol–water partition coefficient (Wildman–Crippen LogP) is 2.40. The van der Waals surface area contributed by atoms with Gasteiger partial charge in [0.25, 0.3) is 0 Å². The van der Waals surface area contributed by atoms with Crippen molar-refractivity contribution in [3.8, 4) is 11.5 Å². The van der Waals surface area contributed by atoms with Crippen LogP contribution in [0.1, 0.15) is 37.7 Å². The van der Waals surface area contributed by atoms with Gasteiger partial charge in [-0.2, -0.15) is 5.10 Å². The second-order valence-electron chi connectivity index (χ2n) is 9.15. The second-order valence-corrected chi connectivity index (χ2v) is 9.15. The van der Waals surface area contributed by atoms with E-state index in [4.69, 9.17) is 21.1 Å². The molecule has 0 spiro atoms. The van der Waals surface area contributed by atoms with E-state index in [1.165, 1.54) is 18.4 Å². The zero-order valence-electron chi connectivity index (χ0n) is 20.4. The van der Waals surface area contributed by atoms with E-state index < -0.39 is 0 Å². The lowest BCUT2D eigenvalue weighted by Crippen LogP contribution is -2.56. The number of amides is 1. The van der Waals surface area contributed by atoms with Crippen molar-refractivity contribution in [3.63, 3.8) is 0 Å². The SMILES string of the molecule is COc1ccc(N2CCN(C(=O)CC(N)=NNN)C(Cc3ccccc3)C2)cc1OC1CCCC1. The minimum atomic E-state index is -0.0536. The molecule has 1 aliphatic carbocycles. The van der Waals surface area contributed by atoms with Crippen molar-refractivity contribution in [3.05, 3.63) is 54.1 Å². The fourth-order valence-corrected chi connectivity index (χ4v) is 5.00. The van der Waals surface area contributed by atoms with E-state index in [2.05, 4.69) is 39.8 Å². The van der Waals surface area contributed by atoms with Gasteiger partial charge in [0.1, 0.15) is 5.84 Å². The monoisotopic (exact) mass is 480 g/mol. The molecule has 5 N–H and O–H groups in total. The van der Waals surface area contributed by atoms with Crippen molar-refractivity contribution in [2.45, 2.75) is 50.7 Å². The first-order chi connectivity index (χ1) is 17.1. The molecule has 1 atom stereocenters. The highest BCUT2D eigenvalue weighted by atomic mass is 16.5. The first-order valence-electron chi connectivity index (χ1n) is 12.3. The molecule has 1 aliphatic heterocycles. The molecule has 1 saturated heterocycles. The van der Waals surface area contributed by atoms with E-state index in [9.17, 15) is 4.79 Å². The lowest BCUT2D eigenvalue weighted by molar-refractivity contribution is -0.132. The van der Waals surface area contributed by atoms with Crippen LogP contribution in [0.4, 0.5) is 5.69 Å². The van der Waals surface area contributed by atoms with Crippen LogP contribution in [0.2, 0.25) is 0 Å². The number of hydrogen-bond acceptors (Lipinski definition) is 7. The Kier molecular flexibility index (Phi) is 8.31. The smallest absolute Gasteiger partial charge is 0.230 e. The summed E-state index contributed by atoms with van der Waals surface area (Å²) in [7, 11) is 1.67. The number of rotatable bonds is 9. The molecule has 2 aromatic carbocycles. The van der Waals surface area contributed by atoms with Crippen LogP contribution in [-0.2, 0) is 11.2 Å². The average Bonchev–Trinajstić information content (AvgIpc) is 3.38. The maximum absolute atomic E-state index is 13.1.